The fourth-order valence-corrected chi connectivity index (χ4v) is 4.86. The van der Waals surface area contributed by atoms with E-state index in [-0.39, 0.29) is 33.9 Å². The van der Waals surface area contributed by atoms with Crippen molar-refractivity contribution < 1.29 is 27.1 Å². The van der Waals surface area contributed by atoms with Crippen LogP contribution in [-0.4, -0.2) is 43.5 Å². The number of halogens is 1. The van der Waals surface area contributed by atoms with Crippen LogP contribution in [0.3, 0.4) is 0 Å². The molecule has 0 aliphatic carbocycles. The maximum atomic E-state index is 13.5. The highest BCUT2D eigenvalue weighted by molar-refractivity contribution is 7.90. The largest absolute Gasteiger partial charge is 0.378 e. The fraction of sp³-hybridized carbons (Fsp3) is 0.333. The summed E-state index contributed by atoms with van der Waals surface area (Å²) in [6.45, 7) is 1.17. The zero-order valence-corrected chi connectivity index (χ0v) is 15.6. The van der Waals surface area contributed by atoms with Crippen molar-refractivity contribution in [3.63, 3.8) is 0 Å². The third-order valence-electron chi connectivity index (χ3n) is 4.79. The van der Waals surface area contributed by atoms with Gasteiger partial charge in [0.15, 0.2) is 0 Å². The molecule has 148 valence electrons. The van der Waals surface area contributed by atoms with Crippen molar-refractivity contribution in [3.8, 4) is 0 Å². The number of fused-ring (bicyclic) bond motifs is 2. The molecule has 0 saturated carbocycles. The average molecular weight is 407 g/mol. The number of rotatable bonds is 4. The summed E-state index contributed by atoms with van der Waals surface area (Å²) in [6, 6.07) is 4.73. The number of ether oxygens (including phenoxy) is 1. The number of hydrogen-bond acceptors (Lipinski definition) is 5. The van der Waals surface area contributed by atoms with Crippen molar-refractivity contribution in [2.75, 3.05) is 18.5 Å². The van der Waals surface area contributed by atoms with Crippen molar-refractivity contribution in [1.82, 2.24) is 9.29 Å². The first-order chi connectivity index (χ1) is 13.4. The van der Waals surface area contributed by atoms with Gasteiger partial charge in [-0.15, -0.1) is 0 Å². The van der Waals surface area contributed by atoms with Gasteiger partial charge in [0.25, 0.3) is 21.8 Å². The smallest absolute Gasteiger partial charge is 0.273 e. The molecule has 2 N–H and O–H groups in total. The van der Waals surface area contributed by atoms with E-state index < -0.39 is 21.7 Å². The van der Waals surface area contributed by atoms with Gasteiger partial charge in [-0.1, -0.05) is 0 Å². The Morgan fingerprint density at radius 3 is 2.93 bits per heavy atom. The normalized spacial score (nSPS) is 20.0. The highest BCUT2D eigenvalue weighted by Gasteiger charge is 2.31. The summed E-state index contributed by atoms with van der Waals surface area (Å²) in [5, 5.41) is 5.20. The van der Waals surface area contributed by atoms with Gasteiger partial charge in [0.1, 0.15) is 16.4 Å². The summed E-state index contributed by atoms with van der Waals surface area (Å²) in [5.74, 6) is -2.00. The van der Waals surface area contributed by atoms with Crippen LogP contribution in [0.1, 0.15) is 40.1 Å². The van der Waals surface area contributed by atoms with Gasteiger partial charge in [-0.3, -0.25) is 9.59 Å². The second-order valence-electron chi connectivity index (χ2n) is 6.69. The number of anilines is 1. The number of hydrogen-bond donors (Lipinski definition) is 2. The van der Waals surface area contributed by atoms with Crippen LogP contribution in [0.4, 0.5) is 10.1 Å². The summed E-state index contributed by atoms with van der Waals surface area (Å²) in [7, 11) is -4.18. The third kappa shape index (κ3) is 3.29. The van der Waals surface area contributed by atoms with Gasteiger partial charge in [-0.25, -0.2) is 16.8 Å². The minimum Gasteiger partial charge on any atom is -0.378 e. The van der Waals surface area contributed by atoms with E-state index in [2.05, 4.69) is 10.6 Å². The number of carbonyl (C=O) groups excluding carboxylic acids is 2. The fourth-order valence-electron chi connectivity index (χ4n) is 3.38. The summed E-state index contributed by atoms with van der Waals surface area (Å²) < 4.78 is 45.1. The average Bonchev–Trinajstić information content (AvgIpc) is 3.29. The van der Waals surface area contributed by atoms with E-state index in [1.807, 2.05) is 0 Å². The Morgan fingerprint density at radius 1 is 1.36 bits per heavy atom. The van der Waals surface area contributed by atoms with Crippen LogP contribution in [0.15, 0.2) is 35.4 Å². The zero-order chi connectivity index (χ0) is 19.9. The summed E-state index contributed by atoms with van der Waals surface area (Å²) >= 11 is 0. The molecule has 0 bridgehead atoms. The van der Waals surface area contributed by atoms with Gasteiger partial charge in [0.2, 0.25) is 0 Å². The van der Waals surface area contributed by atoms with E-state index in [4.69, 9.17) is 4.74 Å². The molecule has 1 saturated heterocycles. The molecule has 8 nitrogen and oxygen atoms in total. The van der Waals surface area contributed by atoms with Crippen molar-refractivity contribution in [3.05, 3.63) is 47.5 Å². The first kappa shape index (κ1) is 18.6. The molecule has 1 unspecified atom stereocenters. The maximum absolute atomic E-state index is 13.5. The Labute approximate surface area is 160 Å². The molecule has 0 radical (unpaired) electrons. The second kappa shape index (κ2) is 7.02. The number of nitrogens with one attached hydrogen (secondary N) is 2. The predicted octanol–water partition coefficient (Wildman–Crippen LogP) is 1.73. The van der Waals surface area contributed by atoms with Crippen molar-refractivity contribution in [2.24, 2.45) is 0 Å². The molecule has 1 fully saturated rings. The predicted molar refractivity (Wildman–Crippen MR) is 97.3 cm³/mol. The SMILES string of the molecule is O=C(NCCC1CCCO1)c1ccc2c(c1)NC(=O)c1cc(F)cn1S2(=O)=O. The Kier molecular flexibility index (Phi) is 4.68. The minimum atomic E-state index is -4.18. The Hall–Kier alpha value is -2.72. The number of amides is 2. The van der Waals surface area contributed by atoms with Gasteiger partial charge >= 0.3 is 0 Å². The van der Waals surface area contributed by atoms with Crippen LogP contribution < -0.4 is 10.6 Å². The maximum Gasteiger partial charge on any atom is 0.273 e. The van der Waals surface area contributed by atoms with Crippen molar-refractivity contribution in [1.29, 1.82) is 0 Å². The van der Waals surface area contributed by atoms with E-state index >= 15 is 0 Å². The van der Waals surface area contributed by atoms with Gasteiger partial charge < -0.3 is 15.4 Å². The lowest BCUT2D eigenvalue weighted by molar-refractivity contribution is 0.0906. The molecule has 4 rings (SSSR count). The number of carbonyl (C=O) groups is 2. The van der Waals surface area contributed by atoms with E-state index in [1.165, 1.54) is 18.2 Å². The molecule has 10 heteroatoms. The van der Waals surface area contributed by atoms with Gasteiger partial charge in [-0.2, -0.15) is 0 Å². The van der Waals surface area contributed by atoms with Crippen LogP contribution in [0.5, 0.6) is 0 Å². The van der Waals surface area contributed by atoms with Crippen LogP contribution in [0, 0.1) is 5.82 Å². The molecular weight excluding hydrogens is 389 g/mol. The lowest BCUT2D eigenvalue weighted by Crippen LogP contribution is -2.27. The molecule has 2 amide bonds. The summed E-state index contributed by atoms with van der Waals surface area (Å²) in [5.41, 5.74) is -0.156. The lowest BCUT2D eigenvalue weighted by atomic mass is 10.1. The highest BCUT2D eigenvalue weighted by Crippen LogP contribution is 2.30. The number of aromatic nitrogens is 1. The monoisotopic (exact) mass is 407 g/mol. The Balaban J connectivity index is 1.57. The number of benzene rings is 1. The molecule has 2 aliphatic rings. The van der Waals surface area contributed by atoms with Crippen LogP contribution >= 0.6 is 0 Å². The Morgan fingerprint density at radius 2 is 2.18 bits per heavy atom. The lowest BCUT2D eigenvalue weighted by Gasteiger charge is -2.12. The summed E-state index contributed by atoms with van der Waals surface area (Å²) in [4.78, 5) is 24.5. The molecule has 1 aromatic carbocycles. The van der Waals surface area contributed by atoms with Gasteiger partial charge in [-0.05, 0) is 37.5 Å². The van der Waals surface area contributed by atoms with Crippen LogP contribution in [-0.2, 0) is 14.8 Å². The first-order valence-electron chi connectivity index (χ1n) is 8.85. The first-order valence-corrected chi connectivity index (χ1v) is 10.3. The van der Waals surface area contributed by atoms with E-state index in [0.717, 1.165) is 31.7 Å². The molecule has 2 aliphatic heterocycles. The van der Waals surface area contributed by atoms with Crippen LogP contribution in [0.25, 0.3) is 0 Å². The van der Waals surface area contributed by atoms with Crippen LogP contribution in [0.2, 0.25) is 0 Å². The van der Waals surface area contributed by atoms with Gasteiger partial charge in [0.05, 0.1) is 18.0 Å². The third-order valence-corrected chi connectivity index (χ3v) is 6.52. The standard InChI is InChI=1S/C18H18FN3O5S/c19-12-9-15-18(24)21-14-8-11(3-4-16(14)28(25,26)22(15)10-12)17(23)20-6-5-13-2-1-7-27-13/h3-4,8-10,13H,1-2,5-7H2,(H,20,23)(H,21,24). The minimum absolute atomic E-state index is 0.0270. The van der Waals surface area contributed by atoms with E-state index in [0.29, 0.717) is 16.9 Å². The summed E-state index contributed by atoms with van der Waals surface area (Å²) in [6.07, 6.45) is 3.57. The zero-order valence-electron chi connectivity index (χ0n) is 14.8. The van der Waals surface area contributed by atoms with Crippen molar-refractivity contribution in [2.45, 2.75) is 30.3 Å². The van der Waals surface area contributed by atoms with Gasteiger partial charge in [0, 0.05) is 24.8 Å². The Bertz CT molecular complexity index is 1060. The second-order valence-corrected chi connectivity index (χ2v) is 8.47. The van der Waals surface area contributed by atoms with E-state index in [1.54, 1.807) is 0 Å². The molecule has 0 spiro atoms. The highest BCUT2D eigenvalue weighted by atomic mass is 32.2. The van der Waals surface area contributed by atoms with E-state index in [9.17, 15) is 22.4 Å². The molecular formula is C18H18FN3O5S. The number of nitrogens with zero attached hydrogens (tertiary/aromatic N) is 1. The molecule has 1 atom stereocenters. The molecule has 3 heterocycles. The molecule has 2 aromatic rings. The molecule has 28 heavy (non-hydrogen) atoms. The van der Waals surface area contributed by atoms with Crippen molar-refractivity contribution >= 4 is 27.5 Å². The quantitative estimate of drug-likeness (QED) is 0.803. The molecule has 1 aromatic heterocycles. The topological polar surface area (TPSA) is 106 Å².